The number of carbonyl (C=O) groups is 3. The number of piperidine rings is 1. The van der Waals surface area contributed by atoms with Gasteiger partial charge in [-0.05, 0) is 37.8 Å². The number of likely N-dealkylation sites (tertiary alicyclic amines) is 2. The molecule has 0 saturated carbocycles. The normalized spacial score (nSPS) is 18.4. The average Bonchev–Trinajstić information content (AvgIpc) is 3.31. The van der Waals surface area contributed by atoms with Gasteiger partial charge in [0.1, 0.15) is 5.76 Å². The van der Waals surface area contributed by atoms with Crippen molar-refractivity contribution in [3.8, 4) is 0 Å². The second-order valence-corrected chi connectivity index (χ2v) is 6.53. The summed E-state index contributed by atoms with van der Waals surface area (Å²) in [7, 11) is 0. The van der Waals surface area contributed by atoms with E-state index in [0.29, 0.717) is 31.7 Å². The van der Waals surface area contributed by atoms with Crippen LogP contribution in [0.5, 0.6) is 0 Å². The predicted octanol–water partition coefficient (Wildman–Crippen LogP) is 1.52. The smallest absolute Gasteiger partial charge is 0.371 e. The highest BCUT2D eigenvalue weighted by atomic mass is 16.4. The van der Waals surface area contributed by atoms with Gasteiger partial charge in [0, 0.05) is 32.1 Å². The molecular formula is C17H23N3O5. The SMILES string of the molecule is O=C(O)c1ccc(CNC(=O)C2CCN(C(=O)N3CCCC3)CC2)o1. The number of furan rings is 1. The van der Waals surface area contributed by atoms with Crippen molar-refractivity contribution < 1.29 is 23.9 Å². The number of rotatable bonds is 4. The van der Waals surface area contributed by atoms with Crippen molar-refractivity contribution in [2.24, 2.45) is 5.92 Å². The van der Waals surface area contributed by atoms with E-state index < -0.39 is 5.97 Å². The average molecular weight is 349 g/mol. The van der Waals surface area contributed by atoms with Gasteiger partial charge < -0.3 is 24.6 Å². The minimum Gasteiger partial charge on any atom is -0.475 e. The van der Waals surface area contributed by atoms with Crippen LogP contribution in [0.25, 0.3) is 0 Å². The molecule has 0 spiro atoms. The summed E-state index contributed by atoms with van der Waals surface area (Å²) in [5.74, 6) is -1.07. The summed E-state index contributed by atoms with van der Waals surface area (Å²) in [6.45, 7) is 3.02. The highest BCUT2D eigenvalue weighted by Crippen LogP contribution is 2.20. The molecule has 1 aromatic heterocycles. The van der Waals surface area contributed by atoms with Crippen molar-refractivity contribution in [1.29, 1.82) is 0 Å². The number of carboxylic acid groups (broad SMARTS) is 1. The molecule has 0 unspecified atom stereocenters. The molecule has 3 heterocycles. The number of urea groups is 1. The molecule has 2 aliphatic rings. The Bertz CT molecular complexity index is 642. The minimum absolute atomic E-state index is 0.0819. The molecule has 2 aliphatic heterocycles. The largest absolute Gasteiger partial charge is 0.475 e. The van der Waals surface area contributed by atoms with E-state index >= 15 is 0 Å². The van der Waals surface area contributed by atoms with Gasteiger partial charge in [-0.1, -0.05) is 0 Å². The van der Waals surface area contributed by atoms with E-state index in [1.54, 1.807) is 6.07 Å². The van der Waals surface area contributed by atoms with Crippen molar-refractivity contribution in [3.63, 3.8) is 0 Å². The molecule has 2 N–H and O–H groups in total. The lowest BCUT2D eigenvalue weighted by molar-refractivity contribution is -0.126. The van der Waals surface area contributed by atoms with Crippen LogP contribution >= 0.6 is 0 Å². The summed E-state index contributed by atoms with van der Waals surface area (Å²) in [5, 5.41) is 11.6. The highest BCUT2D eigenvalue weighted by molar-refractivity contribution is 5.84. The quantitative estimate of drug-likeness (QED) is 0.858. The van der Waals surface area contributed by atoms with E-state index in [-0.39, 0.29) is 30.2 Å². The monoisotopic (exact) mass is 349 g/mol. The lowest BCUT2D eigenvalue weighted by Gasteiger charge is -2.34. The number of nitrogens with one attached hydrogen (secondary N) is 1. The molecule has 0 radical (unpaired) electrons. The molecular weight excluding hydrogens is 326 g/mol. The number of hydrogen-bond acceptors (Lipinski definition) is 4. The molecule has 25 heavy (non-hydrogen) atoms. The van der Waals surface area contributed by atoms with Gasteiger partial charge >= 0.3 is 12.0 Å². The summed E-state index contributed by atoms with van der Waals surface area (Å²) in [4.78, 5) is 39.1. The molecule has 0 aliphatic carbocycles. The van der Waals surface area contributed by atoms with Crippen LogP contribution in [-0.4, -0.2) is 59.0 Å². The van der Waals surface area contributed by atoms with E-state index in [2.05, 4.69) is 5.32 Å². The van der Waals surface area contributed by atoms with E-state index in [1.807, 2.05) is 9.80 Å². The van der Waals surface area contributed by atoms with Gasteiger partial charge in [-0.25, -0.2) is 9.59 Å². The topological polar surface area (TPSA) is 103 Å². The van der Waals surface area contributed by atoms with E-state index in [0.717, 1.165) is 25.9 Å². The molecule has 3 rings (SSSR count). The third kappa shape index (κ3) is 4.12. The first kappa shape index (κ1) is 17.3. The Hall–Kier alpha value is -2.51. The van der Waals surface area contributed by atoms with E-state index in [1.165, 1.54) is 6.07 Å². The van der Waals surface area contributed by atoms with Gasteiger partial charge in [0.15, 0.2) is 0 Å². The van der Waals surface area contributed by atoms with E-state index in [9.17, 15) is 14.4 Å². The Labute approximate surface area is 145 Å². The van der Waals surface area contributed by atoms with Crippen LogP contribution in [0.3, 0.4) is 0 Å². The summed E-state index contributed by atoms with van der Waals surface area (Å²) in [6, 6.07) is 3.00. The van der Waals surface area contributed by atoms with Gasteiger partial charge in [-0.2, -0.15) is 0 Å². The van der Waals surface area contributed by atoms with Crippen molar-refractivity contribution >= 4 is 17.9 Å². The number of nitrogens with zero attached hydrogens (tertiary/aromatic N) is 2. The van der Waals surface area contributed by atoms with Crippen LogP contribution in [-0.2, 0) is 11.3 Å². The first-order valence-corrected chi connectivity index (χ1v) is 8.68. The maximum atomic E-state index is 12.3. The maximum Gasteiger partial charge on any atom is 0.371 e. The number of amides is 3. The molecule has 0 aromatic carbocycles. The summed E-state index contributed by atoms with van der Waals surface area (Å²) >= 11 is 0. The minimum atomic E-state index is -1.13. The number of aromatic carboxylic acids is 1. The first-order chi connectivity index (χ1) is 12.0. The van der Waals surface area contributed by atoms with Gasteiger partial charge in [0.05, 0.1) is 6.54 Å². The fourth-order valence-corrected chi connectivity index (χ4v) is 3.35. The molecule has 0 bridgehead atoms. The first-order valence-electron chi connectivity index (χ1n) is 8.68. The number of hydrogen-bond donors (Lipinski definition) is 2. The van der Waals surface area contributed by atoms with Gasteiger partial charge in [-0.15, -0.1) is 0 Å². The number of carboxylic acids is 1. The second-order valence-electron chi connectivity index (χ2n) is 6.53. The third-order valence-corrected chi connectivity index (χ3v) is 4.82. The molecule has 2 saturated heterocycles. The lowest BCUT2D eigenvalue weighted by Crippen LogP contribution is -2.47. The molecule has 2 fully saturated rings. The van der Waals surface area contributed by atoms with Crippen molar-refractivity contribution in [2.45, 2.75) is 32.2 Å². The zero-order valence-electron chi connectivity index (χ0n) is 14.1. The van der Waals surface area contributed by atoms with Gasteiger partial charge in [0.25, 0.3) is 0 Å². The van der Waals surface area contributed by atoms with Gasteiger partial charge in [-0.3, -0.25) is 4.79 Å². The van der Waals surface area contributed by atoms with Crippen molar-refractivity contribution in [1.82, 2.24) is 15.1 Å². The zero-order valence-corrected chi connectivity index (χ0v) is 14.1. The predicted molar refractivity (Wildman–Crippen MR) is 88.0 cm³/mol. The highest BCUT2D eigenvalue weighted by Gasteiger charge is 2.30. The lowest BCUT2D eigenvalue weighted by atomic mass is 9.96. The Morgan fingerprint density at radius 3 is 2.32 bits per heavy atom. The third-order valence-electron chi connectivity index (χ3n) is 4.82. The molecule has 0 atom stereocenters. The maximum absolute atomic E-state index is 12.3. The summed E-state index contributed by atoms with van der Waals surface area (Å²) < 4.78 is 5.12. The van der Waals surface area contributed by atoms with Crippen LogP contribution in [0.15, 0.2) is 16.5 Å². The molecule has 8 nitrogen and oxygen atoms in total. The molecule has 8 heteroatoms. The van der Waals surface area contributed by atoms with Gasteiger partial charge in [0.2, 0.25) is 11.7 Å². The fraction of sp³-hybridized carbons (Fsp3) is 0.588. The molecule has 136 valence electrons. The Morgan fingerprint density at radius 1 is 1.08 bits per heavy atom. The standard InChI is InChI=1S/C17H23N3O5/c21-15(18-11-13-3-4-14(25-13)16(22)23)12-5-9-20(10-6-12)17(24)19-7-1-2-8-19/h3-4,12H,1-2,5-11H2,(H,18,21)(H,22,23). The molecule has 1 aromatic rings. The Morgan fingerprint density at radius 2 is 1.72 bits per heavy atom. The van der Waals surface area contributed by atoms with Crippen LogP contribution in [0.2, 0.25) is 0 Å². The summed E-state index contributed by atoms with van der Waals surface area (Å²) in [6.07, 6.45) is 3.43. The van der Waals surface area contributed by atoms with Crippen molar-refractivity contribution in [2.75, 3.05) is 26.2 Å². The Kier molecular flexibility index (Phi) is 5.25. The van der Waals surface area contributed by atoms with Crippen LogP contribution < -0.4 is 5.32 Å². The zero-order chi connectivity index (χ0) is 17.8. The van der Waals surface area contributed by atoms with Crippen LogP contribution in [0.4, 0.5) is 4.79 Å². The molecule has 3 amide bonds. The number of carbonyl (C=O) groups excluding carboxylic acids is 2. The van der Waals surface area contributed by atoms with Crippen LogP contribution in [0.1, 0.15) is 42.0 Å². The fourth-order valence-electron chi connectivity index (χ4n) is 3.35. The summed E-state index contributed by atoms with van der Waals surface area (Å²) in [5.41, 5.74) is 0. The second kappa shape index (κ2) is 7.58. The van der Waals surface area contributed by atoms with Crippen molar-refractivity contribution in [3.05, 3.63) is 23.7 Å². The van der Waals surface area contributed by atoms with E-state index in [4.69, 9.17) is 9.52 Å². The Balaban J connectivity index is 1.43. The van der Waals surface area contributed by atoms with Crippen LogP contribution in [0, 0.1) is 5.92 Å².